The molecule has 0 spiro atoms. The second-order valence-corrected chi connectivity index (χ2v) is 6.95. The topological polar surface area (TPSA) is 92.4 Å². The maximum Gasteiger partial charge on any atom is 0.150 e. The summed E-state index contributed by atoms with van der Waals surface area (Å²) in [5.41, 5.74) is 8.96. The lowest BCUT2D eigenvalue weighted by Crippen LogP contribution is -2.35. The van der Waals surface area contributed by atoms with E-state index in [-0.39, 0.29) is 29.7 Å². The number of unbranched alkanes of at least 4 members (excludes halogenated alkanes) is 1. The lowest BCUT2D eigenvalue weighted by atomic mass is 9.88. The molecule has 0 heterocycles. The van der Waals surface area contributed by atoms with Gasteiger partial charge in [-0.05, 0) is 82.4 Å². The number of Topliss-reactive ketones (excluding diaryl/α,β-unsaturated/α-hetero) is 2. The minimum Gasteiger partial charge on any atom is -0.508 e. The highest BCUT2D eigenvalue weighted by Gasteiger charge is 2.23. The Morgan fingerprint density at radius 2 is 1.80 bits per heavy atom. The van der Waals surface area contributed by atoms with Crippen LogP contribution in [0.5, 0.6) is 5.75 Å². The standard InChI is InChI=1S/C20H32N2O3/c1-13-9-17(24)10-14(2)18(13)12-19(21)20(25)11-16(15(3)23)7-5-6-8-22-4/h9-10,16,19,22,24H,5-8,11-12,21H2,1-4H3. The summed E-state index contributed by atoms with van der Waals surface area (Å²) in [4.78, 5) is 24.3. The zero-order chi connectivity index (χ0) is 19.0. The fraction of sp³-hybridized carbons (Fsp3) is 0.600. The Balaban J connectivity index is 2.66. The van der Waals surface area contributed by atoms with Crippen LogP contribution in [0.4, 0.5) is 0 Å². The number of hydrogen-bond donors (Lipinski definition) is 3. The lowest BCUT2D eigenvalue weighted by molar-refractivity contribution is -0.127. The van der Waals surface area contributed by atoms with Crippen LogP contribution < -0.4 is 11.1 Å². The van der Waals surface area contributed by atoms with Gasteiger partial charge in [-0.15, -0.1) is 0 Å². The zero-order valence-electron chi connectivity index (χ0n) is 15.9. The molecule has 5 heteroatoms. The van der Waals surface area contributed by atoms with E-state index in [1.165, 1.54) is 0 Å². The Kier molecular flexibility index (Phi) is 8.79. The Morgan fingerprint density at radius 1 is 1.20 bits per heavy atom. The van der Waals surface area contributed by atoms with E-state index in [4.69, 9.17) is 5.73 Å². The molecule has 0 bridgehead atoms. The third-order valence-electron chi connectivity index (χ3n) is 4.77. The van der Waals surface area contributed by atoms with Gasteiger partial charge in [0.1, 0.15) is 11.5 Å². The van der Waals surface area contributed by atoms with Crippen molar-refractivity contribution in [3.63, 3.8) is 0 Å². The maximum atomic E-state index is 12.5. The van der Waals surface area contributed by atoms with Crippen LogP contribution in [-0.2, 0) is 16.0 Å². The average Bonchev–Trinajstić information content (AvgIpc) is 2.53. The molecule has 1 rings (SSSR count). The van der Waals surface area contributed by atoms with Crippen molar-refractivity contribution in [1.82, 2.24) is 5.32 Å². The number of nitrogens with two attached hydrogens (primary N) is 1. The number of phenolic OH excluding ortho intramolecular Hbond substituents is 1. The van der Waals surface area contributed by atoms with Crippen LogP contribution in [-0.4, -0.2) is 36.3 Å². The Labute approximate surface area is 151 Å². The summed E-state index contributed by atoms with van der Waals surface area (Å²) in [6.07, 6.45) is 3.29. The average molecular weight is 348 g/mol. The number of carbonyl (C=O) groups is 2. The van der Waals surface area contributed by atoms with E-state index in [9.17, 15) is 14.7 Å². The SMILES string of the molecule is CNCCCCC(CC(=O)C(N)Cc1c(C)cc(O)cc1C)C(C)=O. The van der Waals surface area contributed by atoms with Crippen molar-refractivity contribution in [2.75, 3.05) is 13.6 Å². The fourth-order valence-electron chi connectivity index (χ4n) is 3.16. The predicted molar refractivity (Wildman–Crippen MR) is 101 cm³/mol. The zero-order valence-corrected chi connectivity index (χ0v) is 15.9. The molecule has 0 fully saturated rings. The van der Waals surface area contributed by atoms with E-state index in [0.717, 1.165) is 42.5 Å². The van der Waals surface area contributed by atoms with Gasteiger partial charge in [0.15, 0.2) is 5.78 Å². The van der Waals surface area contributed by atoms with Crippen molar-refractivity contribution >= 4 is 11.6 Å². The molecule has 0 saturated carbocycles. The minimum atomic E-state index is -0.624. The van der Waals surface area contributed by atoms with Gasteiger partial charge in [-0.1, -0.05) is 6.42 Å². The highest BCUT2D eigenvalue weighted by molar-refractivity contribution is 5.89. The first-order chi connectivity index (χ1) is 11.8. The summed E-state index contributed by atoms with van der Waals surface area (Å²) < 4.78 is 0. The van der Waals surface area contributed by atoms with Gasteiger partial charge in [0.2, 0.25) is 0 Å². The van der Waals surface area contributed by atoms with Crippen LogP contribution in [0.2, 0.25) is 0 Å². The predicted octanol–water partition coefficient (Wildman–Crippen LogP) is 2.43. The molecule has 1 aromatic carbocycles. The van der Waals surface area contributed by atoms with Crippen LogP contribution >= 0.6 is 0 Å². The van der Waals surface area contributed by atoms with Crippen molar-refractivity contribution in [1.29, 1.82) is 0 Å². The lowest BCUT2D eigenvalue weighted by Gasteiger charge is -2.18. The molecule has 5 nitrogen and oxygen atoms in total. The molecule has 140 valence electrons. The smallest absolute Gasteiger partial charge is 0.150 e. The number of carbonyl (C=O) groups excluding carboxylic acids is 2. The number of aromatic hydroxyl groups is 1. The van der Waals surface area contributed by atoms with Gasteiger partial charge in [0.05, 0.1) is 6.04 Å². The monoisotopic (exact) mass is 348 g/mol. The molecule has 0 aliphatic heterocycles. The molecule has 0 aliphatic rings. The van der Waals surface area contributed by atoms with Crippen molar-refractivity contribution < 1.29 is 14.7 Å². The number of phenols is 1. The largest absolute Gasteiger partial charge is 0.508 e. The number of aryl methyl sites for hydroxylation is 2. The molecule has 4 N–H and O–H groups in total. The second-order valence-electron chi connectivity index (χ2n) is 6.95. The van der Waals surface area contributed by atoms with Gasteiger partial charge in [-0.2, -0.15) is 0 Å². The van der Waals surface area contributed by atoms with E-state index in [1.807, 2.05) is 20.9 Å². The van der Waals surface area contributed by atoms with Crippen LogP contribution in [0.25, 0.3) is 0 Å². The van der Waals surface area contributed by atoms with Gasteiger partial charge >= 0.3 is 0 Å². The minimum absolute atomic E-state index is 0.0574. The Morgan fingerprint density at radius 3 is 2.32 bits per heavy atom. The van der Waals surface area contributed by atoms with Gasteiger partial charge in [-0.25, -0.2) is 0 Å². The fourth-order valence-corrected chi connectivity index (χ4v) is 3.16. The molecule has 0 aliphatic carbocycles. The van der Waals surface area contributed by atoms with E-state index in [1.54, 1.807) is 19.1 Å². The molecule has 0 amide bonds. The summed E-state index contributed by atoms with van der Waals surface area (Å²) in [5, 5.41) is 12.7. The summed E-state index contributed by atoms with van der Waals surface area (Å²) in [6.45, 7) is 6.27. The highest BCUT2D eigenvalue weighted by Crippen LogP contribution is 2.23. The van der Waals surface area contributed by atoms with Crippen LogP contribution in [0, 0.1) is 19.8 Å². The van der Waals surface area contributed by atoms with E-state index < -0.39 is 6.04 Å². The number of benzene rings is 1. The van der Waals surface area contributed by atoms with Crippen LogP contribution in [0.1, 0.15) is 49.3 Å². The highest BCUT2D eigenvalue weighted by atomic mass is 16.3. The first-order valence-corrected chi connectivity index (χ1v) is 8.98. The molecule has 25 heavy (non-hydrogen) atoms. The van der Waals surface area contributed by atoms with Gasteiger partial charge in [-0.3, -0.25) is 9.59 Å². The molecule has 2 atom stereocenters. The van der Waals surface area contributed by atoms with E-state index in [2.05, 4.69) is 5.32 Å². The number of nitrogens with one attached hydrogen (secondary N) is 1. The van der Waals surface area contributed by atoms with E-state index >= 15 is 0 Å². The molecule has 0 radical (unpaired) electrons. The third-order valence-corrected chi connectivity index (χ3v) is 4.77. The summed E-state index contributed by atoms with van der Waals surface area (Å²) in [7, 11) is 1.90. The number of hydrogen-bond acceptors (Lipinski definition) is 5. The molecule has 0 aromatic heterocycles. The quantitative estimate of drug-likeness (QED) is 0.534. The molecule has 1 aromatic rings. The Bertz CT molecular complexity index is 576. The molecule has 2 unspecified atom stereocenters. The van der Waals surface area contributed by atoms with Crippen LogP contribution in [0.3, 0.4) is 0 Å². The van der Waals surface area contributed by atoms with Crippen molar-refractivity contribution in [3.8, 4) is 5.75 Å². The molecule has 0 saturated heterocycles. The second kappa shape index (κ2) is 10.3. The van der Waals surface area contributed by atoms with Crippen molar-refractivity contribution in [3.05, 3.63) is 28.8 Å². The number of rotatable bonds is 11. The normalized spacial score (nSPS) is 13.5. The van der Waals surface area contributed by atoms with E-state index in [0.29, 0.717) is 6.42 Å². The Hall–Kier alpha value is -1.72. The van der Waals surface area contributed by atoms with Crippen molar-refractivity contribution in [2.45, 2.75) is 58.9 Å². The van der Waals surface area contributed by atoms with Gasteiger partial charge in [0, 0.05) is 12.3 Å². The van der Waals surface area contributed by atoms with Crippen molar-refractivity contribution in [2.24, 2.45) is 11.7 Å². The van der Waals surface area contributed by atoms with Gasteiger partial charge in [0.25, 0.3) is 0 Å². The summed E-state index contributed by atoms with van der Waals surface area (Å²) in [6, 6.07) is 2.74. The first kappa shape index (κ1) is 21.3. The molecular formula is C20H32N2O3. The summed E-state index contributed by atoms with van der Waals surface area (Å²) >= 11 is 0. The number of ketones is 2. The summed E-state index contributed by atoms with van der Waals surface area (Å²) in [5.74, 6) is -0.0306. The molecular weight excluding hydrogens is 316 g/mol. The van der Waals surface area contributed by atoms with Crippen LogP contribution in [0.15, 0.2) is 12.1 Å². The third kappa shape index (κ3) is 6.96. The first-order valence-electron chi connectivity index (χ1n) is 8.98. The maximum absolute atomic E-state index is 12.5. The van der Waals surface area contributed by atoms with Gasteiger partial charge < -0.3 is 16.2 Å².